The minimum absolute atomic E-state index is 0.188. The molecular weight excluding hydrogens is 410 g/mol. The van der Waals surface area contributed by atoms with Gasteiger partial charge in [-0.3, -0.25) is 14.5 Å². The lowest BCUT2D eigenvalue weighted by atomic mass is 10.3. The minimum Gasteiger partial charge on any atom is -0.467 e. The average Bonchev–Trinajstić information content (AvgIpc) is 3.20. The quantitative estimate of drug-likeness (QED) is 0.510. The molecule has 0 spiro atoms. The number of methoxy groups -OCH3 is 1. The van der Waals surface area contributed by atoms with Crippen LogP contribution in [0.3, 0.4) is 0 Å². The molecule has 3 rings (SSSR count). The fraction of sp³-hybridized carbons (Fsp3) is 0.167. The Kier molecular flexibility index (Phi) is 5.98. The number of imide groups is 1. The van der Waals surface area contributed by atoms with E-state index in [9.17, 15) is 14.4 Å². The van der Waals surface area contributed by atoms with Gasteiger partial charge in [0.15, 0.2) is 5.09 Å². The van der Waals surface area contributed by atoms with Gasteiger partial charge in [0.25, 0.3) is 11.1 Å². The maximum Gasteiger partial charge on any atom is 0.328 e. The van der Waals surface area contributed by atoms with Crippen molar-refractivity contribution >= 4 is 58.3 Å². The topological polar surface area (TPSA) is 76.8 Å². The molecule has 0 bridgehead atoms. The van der Waals surface area contributed by atoms with Crippen LogP contribution in [-0.2, 0) is 14.3 Å². The lowest BCUT2D eigenvalue weighted by Crippen LogP contribution is -2.42. The van der Waals surface area contributed by atoms with Gasteiger partial charge in [0.05, 0.1) is 12.0 Å². The Morgan fingerprint density at radius 1 is 1.26 bits per heavy atom. The highest BCUT2D eigenvalue weighted by molar-refractivity contribution is 8.18. The smallest absolute Gasteiger partial charge is 0.328 e. The molecule has 1 saturated heterocycles. The summed E-state index contributed by atoms with van der Waals surface area (Å²) in [7, 11) is 1.20. The molecule has 6 nitrogen and oxygen atoms in total. The number of ether oxygens (including phenoxy) is 1. The van der Waals surface area contributed by atoms with Gasteiger partial charge in [-0.1, -0.05) is 23.4 Å². The van der Waals surface area contributed by atoms with Crippen LogP contribution in [0.25, 0.3) is 6.08 Å². The molecular formula is C18H14ClNO5S2. The molecule has 9 heteroatoms. The number of hydrogen-bond donors (Lipinski definition) is 0. The fourth-order valence-electron chi connectivity index (χ4n) is 2.30. The molecule has 1 aromatic heterocycles. The van der Waals surface area contributed by atoms with Crippen molar-refractivity contribution in [1.82, 2.24) is 4.90 Å². The highest BCUT2D eigenvalue weighted by Crippen LogP contribution is 2.35. The van der Waals surface area contributed by atoms with Crippen molar-refractivity contribution in [3.63, 3.8) is 0 Å². The van der Waals surface area contributed by atoms with E-state index in [1.165, 1.54) is 31.9 Å². The zero-order valence-corrected chi connectivity index (χ0v) is 16.7. The highest BCUT2D eigenvalue weighted by Gasteiger charge is 2.41. The Labute approximate surface area is 168 Å². The number of nitrogens with zero attached hydrogens (tertiary/aromatic N) is 1. The standard InChI is InChI=1S/C18H14ClNO5S2/c1-10(17(22)24-2)20-16(21)14(27-18(20)23)9-12-5-8-15(25-12)26-13-6-3-11(19)4-7-13/h3-10H,1-2H3. The van der Waals surface area contributed by atoms with Crippen LogP contribution in [0, 0.1) is 0 Å². The third-order valence-electron chi connectivity index (χ3n) is 3.66. The molecule has 2 amide bonds. The van der Waals surface area contributed by atoms with Crippen LogP contribution in [0.5, 0.6) is 0 Å². The fourth-order valence-corrected chi connectivity index (χ4v) is 4.10. The first kappa shape index (κ1) is 19.6. The molecule has 0 radical (unpaired) electrons. The second kappa shape index (κ2) is 8.24. The molecule has 0 aliphatic carbocycles. The molecule has 1 unspecified atom stereocenters. The van der Waals surface area contributed by atoms with E-state index in [0.717, 1.165) is 21.6 Å². The van der Waals surface area contributed by atoms with Gasteiger partial charge in [0, 0.05) is 16.0 Å². The first-order chi connectivity index (χ1) is 12.9. The largest absolute Gasteiger partial charge is 0.467 e. The summed E-state index contributed by atoms with van der Waals surface area (Å²) in [5, 5.41) is 0.758. The molecule has 140 valence electrons. The summed E-state index contributed by atoms with van der Waals surface area (Å²) in [4.78, 5) is 38.2. The Balaban J connectivity index is 1.74. The van der Waals surface area contributed by atoms with E-state index in [4.69, 9.17) is 16.0 Å². The third kappa shape index (κ3) is 4.40. The zero-order valence-electron chi connectivity index (χ0n) is 14.3. The number of esters is 1. The highest BCUT2D eigenvalue weighted by atomic mass is 35.5. The summed E-state index contributed by atoms with van der Waals surface area (Å²) in [6, 6.07) is 9.80. The van der Waals surface area contributed by atoms with Crippen LogP contribution in [0.15, 0.2) is 55.7 Å². The maximum atomic E-state index is 12.5. The molecule has 2 heterocycles. The average molecular weight is 424 g/mol. The predicted molar refractivity (Wildman–Crippen MR) is 104 cm³/mol. The van der Waals surface area contributed by atoms with Crippen LogP contribution in [0.4, 0.5) is 4.79 Å². The summed E-state index contributed by atoms with van der Waals surface area (Å²) in [5.74, 6) is -0.771. The lowest BCUT2D eigenvalue weighted by Gasteiger charge is -2.18. The number of halogens is 1. The second-order valence-corrected chi connectivity index (χ2v) is 7.97. The SMILES string of the molecule is COC(=O)C(C)N1C(=O)SC(=Cc2ccc(Sc3ccc(Cl)cc3)o2)C1=O. The van der Waals surface area contributed by atoms with Crippen molar-refractivity contribution in [3.05, 3.63) is 52.1 Å². The molecule has 1 aromatic carbocycles. The Morgan fingerprint density at radius 2 is 1.96 bits per heavy atom. The maximum absolute atomic E-state index is 12.5. The van der Waals surface area contributed by atoms with E-state index >= 15 is 0 Å². The lowest BCUT2D eigenvalue weighted by molar-refractivity contribution is -0.148. The summed E-state index contributed by atoms with van der Waals surface area (Å²) >= 11 is 8.03. The number of carbonyl (C=O) groups excluding carboxylic acids is 3. The van der Waals surface area contributed by atoms with Crippen molar-refractivity contribution in [3.8, 4) is 0 Å². The number of thioether (sulfide) groups is 1. The van der Waals surface area contributed by atoms with Gasteiger partial charge in [0.2, 0.25) is 0 Å². The van der Waals surface area contributed by atoms with Gasteiger partial charge < -0.3 is 9.15 Å². The second-order valence-electron chi connectivity index (χ2n) is 5.46. The molecule has 1 aliphatic heterocycles. The Morgan fingerprint density at radius 3 is 2.63 bits per heavy atom. The molecule has 0 saturated carbocycles. The van der Waals surface area contributed by atoms with Crippen molar-refractivity contribution in [1.29, 1.82) is 0 Å². The molecule has 1 fully saturated rings. The van der Waals surface area contributed by atoms with E-state index in [2.05, 4.69) is 4.74 Å². The van der Waals surface area contributed by atoms with E-state index in [-0.39, 0.29) is 4.91 Å². The predicted octanol–water partition coefficient (Wildman–Crippen LogP) is 4.68. The van der Waals surface area contributed by atoms with Gasteiger partial charge in [-0.25, -0.2) is 4.79 Å². The number of amides is 2. The number of furan rings is 1. The molecule has 0 N–H and O–H groups in total. The van der Waals surface area contributed by atoms with Crippen LogP contribution in [0.1, 0.15) is 12.7 Å². The van der Waals surface area contributed by atoms with Gasteiger partial charge in [-0.2, -0.15) is 0 Å². The number of hydrogen-bond acceptors (Lipinski definition) is 7. The first-order valence-corrected chi connectivity index (χ1v) is 9.78. The first-order valence-electron chi connectivity index (χ1n) is 7.77. The van der Waals surface area contributed by atoms with Crippen molar-refractivity contribution < 1.29 is 23.5 Å². The van der Waals surface area contributed by atoms with Crippen LogP contribution in [-0.4, -0.2) is 35.2 Å². The summed E-state index contributed by atoms with van der Waals surface area (Å²) in [6.45, 7) is 1.44. The molecule has 1 aliphatic rings. The Bertz CT molecular complexity index is 922. The van der Waals surface area contributed by atoms with Gasteiger partial charge in [-0.15, -0.1) is 0 Å². The third-order valence-corrected chi connectivity index (χ3v) is 5.72. The van der Waals surface area contributed by atoms with Gasteiger partial charge in [0.1, 0.15) is 11.8 Å². The zero-order chi connectivity index (χ0) is 19.6. The normalized spacial score (nSPS) is 16.9. The van der Waals surface area contributed by atoms with E-state index in [0.29, 0.717) is 15.9 Å². The van der Waals surface area contributed by atoms with E-state index < -0.39 is 23.2 Å². The summed E-state index contributed by atoms with van der Waals surface area (Å²) in [6.07, 6.45) is 1.49. The van der Waals surface area contributed by atoms with Crippen LogP contribution in [0.2, 0.25) is 5.02 Å². The molecule has 2 aromatic rings. The van der Waals surface area contributed by atoms with E-state index in [1.54, 1.807) is 24.3 Å². The van der Waals surface area contributed by atoms with Crippen LogP contribution < -0.4 is 0 Å². The van der Waals surface area contributed by atoms with E-state index in [1.807, 2.05) is 12.1 Å². The van der Waals surface area contributed by atoms with Crippen LogP contribution >= 0.6 is 35.1 Å². The summed E-state index contributed by atoms with van der Waals surface area (Å²) in [5.41, 5.74) is 0. The Hall–Kier alpha value is -2.16. The number of benzene rings is 1. The monoisotopic (exact) mass is 423 g/mol. The minimum atomic E-state index is -0.985. The number of rotatable bonds is 5. The molecule has 27 heavy (non-hydrogen) atoms. The number of carbonyl (C=O) groups is 3. The van der Waals surface area contributed by atoms with Crippen molar-refractivity contribution in [2.24, 2.45) is 0 Å². The van der Waals surface area contributed by atoms with Crippen molar-refractivity contribution in [2.75, 3.05) is 7.11 Å². The van der Waals surface area contributed by atoms with Crippen molar-refractivity contribution in [2.45, 2.75) is 23.0 Å². The summed E-state index contributed by atoms with van der Waals surface area (Å²) < 4.78 is 10.3. The van der Waals surface area contributed by atoms with Gasteiger partial charge >= 0.3 is 5.97 Å². The van der Waals surface area contributed by atoms with Gasteiger partial charge in [-0.05, 0) is 55.1 Å². The molecule has 1 atom stereocenters.